The average molecular weight is 351 g/mol. The van der Waals surface area contributed by atoms with Gasteiger partial charge in [-0.1, -0.05) is 111 Å². The number of hydrogen-bond donors (Lipinski definition) is 0. The van der Waals surface area contributed by atoms with Crippen LogP contribution in [0.1, 0.15) is 86.5 Å². The fourth-order valence-electron chi connectivity index (χ4n) is 3.81. The second kappa shape index (κ2) is 12.7. The van der Waals surface area contributed by atoms with Gasteiger partial charge >= 0.3 is 0 Å². The summed E-state index contributed by atoms with van der Waals surface area (Å²) in [6.45, 7) is 4.37. The molecule has 2 rings (SSSR count). The van der Waals surface area contributed by atoms with Crippen molar-refractivity contribution in [3.8, 4) is 0 Å². The fourth-order valence-corrected chi connectivity index (χ4v) is 3.81. The predicted molar refractivity (Wildman–Crippen MR) is 116 cm³/mol. The molecule has 0 aromatic heterocycles. The molecule has 0 spiro atoms. The third kappa shape index (κ3) is 9.22. The summed E-state index contributed by atoms with van der Waals surface area (Å²) in [5.41, 5.74) is 5.80. The monoisotopic (exact) mass is 350 g/mol. The van der Waals surface area contributed by atoms with Crippen molar-refractivity contribution in [2.24, 2.45) is 0 Å². The van der Waals surface area contributed by atoms with Gasteiger partial charge in [-0.25, -0.2) is 0 Å². The molecule has 0 bridgehead atoms. The Morgan fingerprint density at radius 3 is 1.15 bits per heavy atom. The predicted octanol–water partition coefficient (Wildman–Crippen LogP) is 7.99. The second-order valence-electron chi connectivity index (χ2n) is 8.01. The minimum absolute atomic E-state index is 1.25. The lowest BCUT2D eigenvalue weighted by atomic mass is 10.0. The lowest BCUT2D eigenvalue weighted by Crippen LogP contribution is -1.88. The molecule has 0 saturated carbocycles. The topological polar surface area (TPSA) is 0 Å². The Balaban J connectivity index is 1.36. The Hall–Kier alpha value is -1.56. The van der Waals surface area contributed by atoms with E-state index in [1.165, 1.54) is 99.3 Å². The first-order valence-electron chi connectivity index (χ1n) is 10.8. The zero-order valence-corrected chi connectivity index (χ0v) is 17.1. The van der Waals surface area contributed by atoms with E-state index in [1.807, 2.05) is 0 Å². The SMILES string of the molecule is Cc1cccc(CCCCCCCCCCCCc2cccc(C)c2)c1. The Kier molecular flexibility index (Phi) is 10.2. The summed E-state index contributed by atoms with van der Waals surface area (Å²) in [5.74, 6) is 0. The molecule has 0 amide bonds. The van der Waals surface area contributed by atoms with Crippen LogP contribution in [0.4, 0.5) is 0 Å². The molecule has 0 aliphatic heterocycles. The molecular weight excluding hydrogens is 312 g/mol. The van der Waals surface area contributed by atoms with E-state index in [-0.39, 0.29) is 0 Å². The minimum atomic E-state index is 1.25. The first kappa shape index (κ1) is 20.7. The molecule has 0 fully saturated rings. The third-order valence-corrected chi connectivity index (χ3v) is 5.35. The van der Waals surface area contributed by atoms with Gasteiger partial charge in [-0.15, -0.1) is 0 Å². The normalized spacial score (nSPS) is 11.0. The molecule has 0 saturated heterocycles. The highest BCUT2D eigenvalue weighted by atomic mass is 14.0. The van der Waals surface area contributed by atoms with E-state index in [0.717, 1.165) is 0 Å². The quantitative estimate of drug-likeness (QED) is 0.321. The lowest BCUT2D eigenvalue weighted by Gasteiger charge is -2.05. The molecule has 0 heterocycles. The van der Waals surface area contributed by atoms with Gasteiger partial charge in [-0.2, -0.15) is 0 Å². The van der Waals surface area contributed by atoms with Gasteiger partial charge in [0.2, 0.25) is 0 Å². The summed E-state index contributed by atoms with van der Waals surface area (Å²) in [5, 5.41) is 0. The van der Waals surface area contributed by atoms with E-state index >= 15 is 0 Å². The molecule has 0 nitrogen and oxygen atoms in total. The highest BCUT2D eigenvalue weighted by Gasteiger charge is 1.97. The molecule has 0 aliphatic carbocycles. The van der Waals surface area contributed by atoms with Crippen LogP contribution in [0.3, 0.4) is 0 Å². The second-order valence-corrected chi connectivity index (χ2v) is 8.01. The number of unbranched alkanes of at least 4 members (excludes halogenated alkanes) is 9. The summed E-state index contributed by atoms with van der Waals surface area (Å²) in [6.07, 6.45) is 16.5. The van der Waals surface area contributed by atoms with Gasteiger partial charge in [-0.3, -0.25) is 0 Å². The van der Waals surface area contributed by atoms with Crippen LogP contribution < -0.4 is 0 Å². The largest absolute Gasteiger partial charge is 0.0617 e. The maximum Gasteiger partial charge on any atom is -0.0279 e. The van der Waals surface area contributed by atoms with Crippen LogP contribution in [0, 0.1) is 13.8 Å². The van der Waals surface area contributed by atoms with Gasteiger partial charge < -0.3 is 0 Å². The van der Waals surface area contributed by atoms with Gasteiger partial charge in [0.05, 0.1) is 0 Å². The van der Waals surface area contributed by atoms with Gasteiger partial charge in [0.25, 0.3) is 0 Å². The van der Waals surface area contributed by atoms with Crippen molar-refractivity contribution in [3.05, 3.63) is 70.8 Å². The van der Waals surface area contributed by atoms with Crippen LogP contribution in [-0.4, -0.2) is 0 Å². The van der Waals surface area contributed by atoms with Gasteiger partial charge in [0, 0.05) is 0 Å². The molecular formula is C26H38. The molecule has 0 aliphatic rings. The Morgan fingerprint density at radius 1 is 0.462 bits per heavy atom. The third-order valence-electron chi connectivity index (χ3n) is 5.35. The molecule has 0 radical (unpaired) electrons. The van der Waals surface area contributed by atoms with Crippen LogP contribution in [-0.2, 0) is 12.8 Å². The van der Waals surface area contributed by atoms with Crippen molar-refractivity contribution < 1.29 is 0 Å². The number of aryl methyl sites for hydroxylation is 4. The van der Waals surface area contributed by atoms with Crippen molar-refractivity contribution in [2.45, 2.75) is 90.9 Å². The Labute approximate surface area is 162 Å². The molecule has 142 valence electrons. The summed E-state index contributed by atoms with van der Waals surface area (Å²) in [7, 11) is 0. The number of hydrogen-bond acceptors (Lipinski definition) is 0. The summed E-state index contributed by atoms with van der Waals surface area (Å²) >= 11 is 0. The molecule has 2 aromatic carbocycles. The van der Waals surface area contributed by atoms with E-state index in [9.17, 15) is 0 Å². The van der Waals surface area contributed by atoms with Crippen LogP contribution in [0.25, 0.3) is 0 Å². The Morgan fingerprint density at radius 2 is 0.808 bits per heavy atom. The van der Waals surface area contributed by atoms with E-state index in [2.05, 4.69) is 62.4 Å². The first-order chi connectivity index (χ1) is 12.7. The standard InChI is InChI=1S/C26H38/c1-23-15-13-19-25(21-23)17-11-9-7-5-3-4-6-8-10-12-18-26-20-14-16-24(2)22-26/h13-16,19-22H,3-12,17-18H2,1-2H3. The zero-order valence-electron chi connectivity index (χ0n) is 17.1. The zero-order chi connectivity index (χ0) is 18.5. The highest BCUT2D eigenvalue weighted by Crippen LogP contribution is 2.14. The van der Waals surface area contributed by atoms with Crippen LogP contribution in [0.2, 0.25) is 0 Å². The van der Waals surface area contributed by atoms with E-state index in [0.29, 0.717) is 0 Å². The average Bonchev–Trinajstić information content (AvgIpc) is 2.63. The molecule has 0 N–H and O–H groups in total. The maximum absolute atomic E-state index is 2.33. The molecule has 0 unspecified atom stereocenters. The van der Waals surface area contributed by atoms with Crippen molar-refractivity contribution in [1.29, 1.82) is 0 Å². The van der Waals surface area contributed by atoms with Gasteiger partial charge in [-0.05, 0) is 50.7 Å². The van der Waals surface area contributed by atoms with Crippen molar-refractivity contribution in [1.82, 2.24) is 0 Å². The fraction of sp³-hybridized carbons (Fsp3) is 0.538. The molecule has 2 aromatic rings. The molecule has 0 atom stereocenters. The summed E-state index contributed by atoms with van der Waals surface area (Å²) in [4.78, 5) is 0. The van der Waals surface area contributed by atoms with E-state index in [1.54, 1.807) is 0 Å². The highest BCUT2D eigenvalue weighted by molar-refractivity contribution is 5.22. The Bertz CT molecular complexity index is 555. The number of rotatable bonds is 13. The smallest absolute Gasteiger partial charge is 0.0279 e. The molecule has 0 heteroatoms. The summed E-state index contributed by atoms with van der Waals surface area (Å²) in [6, 6.07) is 17.9. The van der Waals surface area contributed by atoms with Crippen LogP contribution in [0.5, 0.6) is 0 Å². The van der Waals surface area contributed by atoms with Crippen molar-refractivity contribution in [2.75, 3.05) is 0 Å². The first-order valence-corrected chi connectivity index (χ1v) is 10.8. The number of benzene rings is 2. The lowest BCUT2D eigenvalue weighted by molar-refractivity contribution is 0.551. The van der Waals surface area contributed by atoms with Crippen molar-refractivity contribution in [3.63, 3.8) is 0 Å². The van der Waals surface area contributed by atoms with Gasteiger partial charge in [0.15, 0.2) is 0 Å². The maximum atomic E-state index is 2.33. The van der Waals surface area contributed by atoms with Crippen LogP contribution in [0.15, 0.2) is 48.5 Å². The summed E-state index contributed by atoms with van der Waals surface area (Å²) < 4.78 is 0. The van der Waals surface area contributed by atoms with E-state index < -0.39 is 0 Å². The van der Waals surface area contributed by atoms with Crippen LogP contribution >= 0.6 is 0 Å². The molecule has 26 heavy (non-hydrogen) atoms. The van der Waals surface area contributed by atoms with Gasteiger partial charge in [0.1, 0.15) is 0 Å². The van der Waals surface area contributed by atoms with Crippen molar-refractivity contribution >= 4 is 0 Å². The van der Waals surface area contributed by atoms with E-state index in [4.69, 9.17) is 0 Å². The minimum Gasteiger partial charge on any atom is -0.0617 e.